The van der Waals surface area contributed by atoms with Gasteiger partial charge in [0, 0.05) is 16.9 Å². The zero-order valence-electron chi connectivity index (χ0n) is 11.0. The smallest absolute Gasteiger partial charge is 0.253 e. The number of halogens is 2. The van der Waals surface area contributed by atoms with Crippen molar-refractivity contribution in [2.75, 3.05) is 0 Å². The summed E-state index contributed by atoms with van der Waals surface area (Å²) in [5.41, 5.74) is 0.478. The number of nitrogens with one attached hydrogen (secondary N) is 1. The minimum atomic E-state index is -0.164. The SMILES string of the molecule is CC(CCc1ccco1)NC(=O)c1cccc(Br)c1Cl. The van der Waals surface area contributed by atoms with Gasteiger partial charge in [-0.3, -0.25) is 4.79 Å². The molecule has 2 rings (SSSR count). The Bertz CT molecular complexity index is 584. The number of aryl methyl sites for hydroxylation is 1. The molecule has 1 N–H and O–H groups in total. The van der Waals surface area contributed by atoms with E-state index in [1.165, 1.54) is 0 Å². The van der Waals surface area contributed by atoms with Gasteiger partial charge in [0.1, 0.15) is 5.76 Å². The third-order valence-corrected chi connectivity index (χ3v) is 4.27. The molecule has 3 nitrogen and oxygen atoms in total. The molecule has 0 bridgehead atoms. The van der Waals surface area contributed by atoms with E-state index in [0.29, 0.717) is 10.6 Å². The normalized spacial score (nSPS) is 12.2. The molecule has 0 saturated heterocycles. The van der Waals surface area contributed by atoms with Gasteiger partial charge in [-0.1, -0.05) is 17.7 Å². The Labute approximate surface area is 131 Å². The van der Waals surface area contributed by atoms with E-state index in [9.17, 15) is 4.79 Å². The predicted molar refractivity (Wildman–Crippen MR) is 83.1 cm³/mol. The number of furan rings is 1. The molecule has 1 unspecified atom stereocenters. The molecule has 20 heavy (non-hydrogen) atoms. The maximum absolute atomic E-state index is 12.1. The van der Waals surface area contributed by atoms with E-state index in [-0.39, 0.29) is 11.9 Å². The van der Waals surface area contributed by atoms with Crippen molar-refractivity contribution < 1.29 is 9.21 Å². The number of amides is 1. The molecule has 0 aliphatic heterocycles. The molecule has 1 atom stereocenters. The van der Waals surface area contributed by atoms with Crippen molar-refractivity contribution in [3.8, 4) is 0 Å². The molecule has 0 saturated carbocycles. The Morgan fingerprint density at radius 1 is 1.40 bits per heavy atom. The zero-order valence-corrected chi connectivity index (χ0v) is 13.4. The summed E-state index contributed by atoms with van der Waals surface area (Å²) in [6, 6.07) is 9.14. The molecule has 2 aromatic rings. The van der Waals surface area contributed by atoms with Gasteiger partial charge in [-0.2, -0.15) is 0 Å². The van der Waals surface area contributed by atoms with Crippen molar-refractivity contribution in [3.63, 3.8) is 0 Å². The molecule has 0 aliphatic carbocycles. The first-order chi connectivity index (χ1) is 9.58. The van der Waals surface area contributed by atoms with Crippen LogP contribution in [0.5, 0.6) is 0 Å². The average Bonchev–Trinajstić information content (AvgIpc) is 2.92. The summed E-state index contributed by atoms with van der Waals surface area (Å²) in [6.45, 7) is 1.97. The largest absolute Gasteiger partial charge is 0.469 e. The van der Waals surface area contributed by atoms with Crippen LogP contribution >= 0.6 is 27.5 Å². The van der Waals surface area contributed by atoms with Crippen LogP contribution in [-0.2, 0) is 6.42 Å². The van der Waals surface area contributed by atoms with Crippen molar-refractivity contribution >= 4 is 33.4 Å². The van der Waals surface area contributed by atoms with E-state index in [1.54, 1.807) is 24.5 Å². The lowest BCUT2D eigenvalue weighted by Gasteiger charge is -2.14. The summed E-state index contributed by atoms with van der Waals surface area (Å²) in [6.07, 6.45) is 3.26. The van der Waals surface area contributed by atoms with Crippen molar-refractivity contribution in [2.24, 2.45) is 0 Å². The lowest BCUT2D eigenvalue weighted by Crippen LogP contribution is -2.33. The van der Waals surface area contributed by atoms with E-state index >= 15 is 0 Å². The third kappa shape index (κ3) is 3.87. The van der Waals surface area contributed by atoms with Crippen LogP contribution in [0.25, 0.3) is 0 Å². The molecule has 0 spiro atoms. The van der Waals surface area contributed by atoms with Gasteiger partial charge < -0.3 is 9.73 Å². The second-order valence-corrected chi connectivity index (χ2v) is 5.83. The highest BCUT2D eigenvalue weighted by molar-refractivity contribution is 9.10. The fourth-order valence-electron chi connectivity index (χ4n) is 1.87. The number of carbonyl (C=O) groups is 1. The van der Waals surface area contributed by atoms with Gasteiger partial charge in [-0.05, 0) is 53.5 Å². The minimum absolute atomic E-state index is 0.0441. The minimum Gasteiger partial charge on any atom is -0.469 e. The van der Waals surface area contributed by atoms with Gasteiger partial charge in [0.05, 0.1) is 16.8 Å². The molecular weight excluding hydrogens is 342 g/mol. The molecular formula is C15H15BrClNO2. The highest BCUT2D eigenvalue weighted by Gasteiger charge is 2.14. The highest BCUT2D eigenvalue weighted by Crippen LogP contribution is 2.26. The number of hydrogen-bond acceptors (Lipinski definition) is 2. The first-order valence-electron chi connectivity index (χ1n) is 6.35. The number of rotatable bonds is 5. The summed E-state index contributed by atoms with van der Waals surface area (Å²) in [5, 5.41) is 3.37. The Kier molecular flexibility index (Phi) is 5.26. The summed E-state index contributed by atoms with van der Waals surface area (Å²) in [5.74, 6) is 0.759. The molecule has 1 heterocycles. The maximum atomic E-state index is 12.1. The van der Waals surface area contributed by atoms with Gasteiger partial charge in [-0.25, -0.2) is 0 Å². The third-order valence-electron chi connectivity index (χ3n) is 2.98. The van der Waals surface area contributed by atoms with Crippen LogP contribution in [-0.4, -0.2) is 11.9 Å². The average molecular weight is 357 g/mol. The fraction of sp³-hybridized carbons (Fsp3) is 0.267. The van der Waals surface area contributed by atoms with Crippen LogP contribution in [0.1, 0.15) is 29.5 Å². The van der Waals surface area contributed by atoms with E-state index in [4.69, 9.17) is 16.0 Å². The zero-order chi connectivity index (χ0) is 14.5. The Morgan fingerprint density at radius 3 is 2.90 bits per heavy atom. The summed E-state index contributed by atoms with van der Waals surface area (Å²) >= 11 is 9.42. The van der Waals surface area contributed by atoms with Crippen molar-refractivity contribution in [3.05, 3.63) is 57.4 Å². The van der Waals surface area contributed by atoms with Crippen LogP contribution in [0, 0.1) is 0 Å². The fourth-order valence-corrected chi connectivity index (χ4v) is 2.44. The monoisotopic (exact) mass is 355 g/mol. The molecule has 0 aliphatic rings. The number of hydrogen-bond donors (Lipinski definition) is 1. The Morgan fingerprint density at radius 2 is 2.20 bits per heavy atom. The van der Waals surface area contributed by atoms with Crippen LogP contribution in [0.4, 0.5) is 0 Å². The molecule has 0 fully saturated rings. The predicted octanol–water partition coefficient (Wildman–Crippen LogP) is 4.45. The molecule has 5 heteroatoms. The van der Waals surface area contributed by atoms with E-state index in [0.717, 1.165) is 23.1 Å². The topological polar surface area (TPSA) is 42.2 Å². The summed E-state index contributed by atoms with van der Waals surface area (Å²) < 4.78 is 5.99. The maximum Gasteiger partial charge on any atom is 0.253 e. The van der Waals surface area contributed by atoms with E-state index in [1.807, 2.05) is 19.1 Å². The van der Waals surface area contributed by atoms with Crippen LogP contribution < -0.4 is 5.32 Å². The summed E-state index contributed by atoms with van der Waals surface area (Å²) in [4.78, 5) is 12.1. The second kappa shape index (κ2) is 6.95. The first kappa shape index (κ1) is 15.1. The highest BCUT2D eigenvalue weighted by atomic mass is 79.9. The molecule has 1 aromatic carbocycles. The van der Waals surface area contributed by atoms with Crippen LogP contribution in [0.3, 0.4) is 0 Å². The molecule has 0 radical (unpaired) electrons. The standard InChI is InChI=1S/C15H15BrClNO2/c1-10(7-8-11-4-3-9-20-11)18-15(19)12-5-2-6-13(16)14(12)17/h2-6,9-10H,7-8H2,1H3,(H,18,19). The van der Waals surface area contributed by atoms with Crippen molar-refractivity contribution in [1.29, 1.82) is 0 Å². The first-order valence-corrected chi connectivity index (χ1v) is 7.52. The van der Waals surface area contributed by atoms with Crippen molar-refractivity contribution in [1.82, 2.24) is 5.32 Å². The van der Waals surface area contributed by atoms with E-state index in [2.05, 4.69) is 21.2 Å². The summed E-state index contributed by atoms with van der Waals surface area (Å²) in [7, 11) is 0. The van der Waals surface area contributed by atoms with Gasteiger partial charge in [-0.15, -0.1) is 0 Å². The molecule has 106 valence electrons. The van der Waals surface area contributed by atoms with Crippen LogP contribution in [0.2, 0.25) is 5.02 Å². The quantitative estimate of drug-likeness (QED) is 0.860. The molecule has 1 amide bonds. The number of carbonyl (C=O) groups excluding carboxylic acids is 1. The van der Waals surface area contributed by atoms with Crippen molar-refractivity contribution in [2.45, 2.75) is 25.8 Å². The van der Waals surface area contributed by atoms with E-state index < -0.39 is 0 Å². The Hall–Kier alpha value is -1.26. The lowest BCUT2D eigenvalue weighted by molar-refractivity contribution is 0.0938. The molecule has 1 aromatic heterocycles. The Balaban J connectivity index is 1.92. The lowest BCUT2D eigenvalue weighted by atomic mass is 10.1. The van der Waals surface area contributed by atoms with Gasteiger partial charge in [0.2, 0.25) is 0 Å². The second-order valence-electron chi connectivity index (χ2n) is 4.59. The van der Waals surface area contributed by atoms with Gasteiger partial charge in [0.25, 0.3) is 5.91 Å². The number of benzene rings is 1. The van der Waals surface area contributed by atoms with Crippen LogP contribution in [0.15, 0.2) is 45.5 Å². The van der Waals surface area contributed by atoms with Gasteiger partial charge >= 0.3 is 0 Å². The van der Waals surface area contributed by atoms with Gasteiger partial charge in [0.15, 0.2) is 0 Å².